The highest BCUT2D eigenvalue weighted by atomic mass is 79.9. The summed E-state index contributed by atoms with van der Waals surface area (Å²) in [6.07, 6.45) is 0.396. The van der Waals surface area contributed by atoms with Gasteiger partial charge in [0, 0.05) is 16.9 Å². The van der Waals surface area contributed by atoms with Crippen molar-refractivity contribution in [3.63, 3.8) is 0 Å². The van der Waals surface area contributed by atoms with Gasteiger partial charge >= 0.3 is 0 Å². The van der Waals surface area contributed by atoms with E-state index in [1.165, 1.54) is 0 Å². The minimum absolute atomic E-state index is 0.0220. The molecule has 104 valence electrons. The van der Waals surface area contributed by atoms with E-state index in [-0.39, 0.29) is 5.91 Å². The lowest BCUT2D eigenvalue weighted by Gasteiger charge is -2.06. The maximum Gasteiger partial charge on any atom is 0.224 e. The molecular formula is C16H15BrClNO. The Morgan fingerprint density at radius 3 is 2.10 bits per heavy atom. The van der Waals surface area contributed by atoms with Crippen LogP contribution >= 0.6 is 27.5 Å². The van der Waals surface area contributed by atoms with E-state index < -0.39 is 0 Å². The molecule has 2 aromatic carbocycles. The third-order valence-electron chi connectivity index (χ3n) is 2.94. The van der Waals surface area contributed by atoms with Crippen molar-refractivity contribution >= 4 is 33.4 Å². The highest BCUT2D eigenvalue weighted by Gasteiger charge is 2.03. The molecular weight excluding hydrogens is 338 g/mol. The first kappa shape index (κ1) is 15.1. The van der Waals surface area contributed by atoms with Gasteiger partial charge in [-0.1, -0.05) is 52.3 Å². The number of alkyl halides is 1. The maximum atomic E-state index is 11.8. The minimum Gasteiger partial charge on any atom is -0.352 e. The molecule has 0 saturated carbocycles. The number of carbonyl (C=O) groups is 1. The molecule has 0 heterocycles. The first-order valence-electron chi connectivity index (χ1n) is 6.32. The Balaban J connectivity index is 1.83. The Bertz CT molecular complexity index is 566. The monoisotopic (exact) mass is 351 g/mol. The van der Waals surface area contributed by atoms with Gasteiger partial charge in [-0.15, -0.1) is 11.6 Å². The number of hydrogen-bond donors (Lipinski definition) is 1. The van der Waals surface area contributed by atoms with Crippen LogP contribution in [0.25, 0.3) is 0 Å². The Morgan fingerprint density at radius 2 is 1.50 bits per heavy atom. The van der Waals surface area contributed by atoms with Crippen molar-refractivity contribution in [2.45, 2.75) is 18.8 Å². The van der Waals surface area contributed by atoms with Crippen molar-refractivity contribution in [1.82, 2.24) is 5.32 Å². The van der Waals surface area contributed by atoms with Crippen LogP contribution in [0.4, 0.5) is 0 Å². The van der Waals surface area contributed by atoms with E-state index in [4.69, 9.17) is 11.6 Å². The molecule has 0 atom stereocenters. The predicted octanol–water partition coefficient (Wildman–Crippen LogP) is 4.05. The van der Waals surface area contributed by atoms with Gasteiger partial charge in [-0.05, 0) is 28.8 Å². The fourth-order valence-corrected chi connectivity index (χ4v) is 2.24. The van der Waals surface area contributed by atoms with Crippen LogP contribution in [0.1, 0.15) is 16.7 Å². The molecule has 2 aromatic rings. The number of carbonyl (C=O) groups excluding carboxylic acids is 1. The Morgan fingerprint density at radius 1 is 0.950 bits per heavy atom. The van der Waals surface area contributed by atoms with Gasteiger partial charge in [-0.3, -0.25) is 4.79 Å². The third kappa shape index (κ3) is 4.66. The fraction of sp³-hybridized carbons (Fsp3) is 0.188. The highest BCUT2D eigenvalue weighted by molar-refractivity contribution is 9.10. The van der Waals surface area contributed by atoms with Gasteiger partial charge in [0.15, 0.2) is 0 Å². The molecule has 0 aliphatic carbocycles. The zero-order valence-electron chi connectivity index (χ0n) is 10.9. The highest BCUT2D eigenvalue weighted by Crippen LogP contribution is 2.11. The third-order valence-corrected chi connectivity index (χ3v) is 3.78. The molecule has 0 aromatic heterocycles. The number of hydrogen-bond acceptors (Lipinski definition) is 1. The molecule has 4 heteroatoms. The Labute approximate surface area is 132 Å². The van der Waals surface area contributed by atoms with Crippen LogP contribution in [0, 0.1) is 0 Å². The predicted molar refractivity (Wildman–Crippen MR) is 85.7 cm³/mol. The lowest BCUT2D eigenvalue weighted by atomic mass is 10.1. The summed E-state index contributed by atoms with van der Waals surface area (Å²) in [7, 11) is 0. The molecule has 0 unspecified atom stereocenters. The van der Waals surface area contributed by atoms with Gasteiger partial charge in [0.2, 0.25) is 5.91 Å². The fourth-order valence-electron chi connectivity index (χ4n) is 1.80. The van der Waals surface area contributed by atoms with Gasteiger partial charge in [-0.2, -0.15) is 0 Å². The quantitative estimate of drug-likeness (QED) is 0.808. The van der Waals surface area contributed by atoms with E-state index >= 15 is 0 Å². The van der Waals surface area contributed by atoms with Crippen LogP contribution in [0.3, 0.4) is 0 Å². The molecule has 0 aliphatic heterocycles. The lowest BCUT2D eigenvalue weighted by Crippen LogP contribution is -2.24. The number of amides is 1. The average Bonchev–Trinajstić information content (AvgIpc) is 2.48. The second kappa shape index (κ2) is 7.46. The van der Waals surface area contributed by atoms with E-state index in [1.807, 2.05) is 48.5 Å². The van der Waals surface area contributed by atoms with Gasteiger partial charge in [0.25, 0.3) is 0 Å². The van der Waals surface area contributed by atoms with Gasteiger partial charge in [0.05, 0.1) is 6.42 Å². The van der Waals surface area contributed by atoms with E-state index in [2.05, 4.69) is 21.2 Å². The molecule has 2 nitrogen and oxygen atoms in total. The summed E-state index contributed by atoms with van der Waals surface area (Å²) >= 11 is 9.11. The molecule has 1 N–H and O–H groups in total. The van der Waals surface area contributed by atoms with E-state index in [0.29, 0.717) is 18.8 Å². The van der Waals surface area contributed by atoms with Gasteiger partial charge < -0.3 is 5.32 Å². The van der Waals surface area contributed by atoms with E-state index in [9.17, 15) is 4.79 Å². The summed E-state index contributed by atoms with van der Waals surface area (Å²) in [5.41, 5.74) is 3.16. The Kier molecular flexibility index (Phi) is 5.62. The van der Waals surface area contributed by atoms with Crippen LogP contribution in [-0.4, -0.2) is 5.91 Å². The van der Waals surface area contributed by atoms with E-state index in [0.717, 1.165) is 21.2 Å². The Hall–Kier alpha value is -1.32. The van der Waals surface area contributed by atoms with Crippen molar-refractivity contribution in [3.8, 4) is 0 Å². The molecule has 0 radical (unpaired) electrons. The number of nitrogens with one attached hydrogen (secondary N) is 1. The number of rotatable bonds is 5. The lowest BCUT2D eigenvalue weighted by molar-refractivity contribution is -0.120. The molecule has 2 rings (SSSR count). The molecule has 0 aliphatic rings. The van der Waals surface area contributed by atoms with Crippen molar-refractivity contribution < 1.29 is 4.79 Å². The molecule has 1 amide bonds. The first-order valence-corrected chi connectivity index (χ1v) is 7.65. The van der Waals surface area contributed by atoms with Crippen LogP contribution in [0.5, 0.6) is 0 Å². The number of benzene rings is 2. The maximum absolute atomic E-state index is 11.8. The van der Waals surface area contributed by atoms with E-state index in [1.54, 1.807) is 0 Å². The zero-order valence-corrected chi connectivity index (χ0v) is 13.2. The largest absolute Gasteiger partial charge is 0.352 e. The van der Waals surface area contributed by atoms with Crippen LogP contribution < -0.4 is 5.32 Å². The zero-order chi connectivity index (χ0) is 14.4. The van der Waals surface area contributed by atoms with Crippen molar-refractivity contribution in [1.29, 1.82) is 0 Å². The first-order chi connectivity index (χ1) is 9.67. The molecule has 0 saturated heterocycles. The molecule has 0 fully saturated rings. The van der Waals surface area contributed by atoms with Crippen LogP contribution in [-0.2, 0) is 23.6 Å². The van der Waals surface area contributed by atoms with Crippen molar-refractivity contribution in [2.75, 3.05) is 0 Å². The molecule has 0 spiro atoms. The standard InChI is InChI=1S/C16H15BrClNO/c17-15-7-5-12(6-8-15)9-16(20)19-11-14-3-1-13(10-18)2-4-14/h1-8H,9-11H2,(H,19,20). The summed E-state index contributed by atoms with van der Waals surface area (Å²) in [6.45, 7) is 0.540. The molecule has 0 bridgehead atoms. The summed E-state index contributed by atoms with van der Waals surface area (Å²) in [5.74, 6) is 0.532. The second-order valence-corrected chi connectivity index (χ2v) is 5.71. The molecule has 20 heavy (non-hydrogen) atoms. The summed E-state index contributed by atoms with van der Waals surface area (Å²) in [4.78, 5) is 11.8. The summed E-state index contributed by atoms with van der Waals surface area (Å²) in [5, 5.41) is 2.92. The summed E-state index contributed by atoms with van der Waals surface area (Å²) < 4.78 is 1.01. The van der Waals surface area contributed by atoms with Gasteiger partial charge in [0.1, 0.15) is 0 Å². The SMILES string of the molecule is O=C(Cc1ccc(Br)cc1)NCc1ccc(CCl)cc1. The summed E-state index contributed by atoms with van der Waals surface area (Å²) in [6, 6.07) is 15.7. The second-order valence-electron chi connectivity index (χ2n) is 4.53. The van der Waals surface area contributed by atoms with Crippen molar-refractivity contribution in [2.24, 2.45) is 0 Å². The normalized spacial score (nSPS) is 10.3. The van der Waals surface area contributed by atoms with Crippen molar-refractivity contribution in [3.05, 3.63) is 69.7 Å². The topological polar surface area (TPSA) is 29.1 Å². The number of halogens is 2. The minimum atomic E-state index is 0.0220. The van der Waals surface area contributed by atoms with Gasteiger partial charge in [-0.25, -0.2) is 0 Å². The van der Waals surface area contributed by atoms with Crippen LogP contribution in [0.2, 0.25) is 0 Å². The average molecular weight is 353 g/mol. The van der Waals surface area contributed by atoms with Crippen LogP contribution in [0.15, 0.2) is 53.0 Å². The smallest absolute Gasteiger partial charge is 0.224 e.